The molecule has 5 heterocycles. The van der Waals surface area contributed by atoms with E-state index in [1.807, 2.05) is 13.0 Å². The van der Waals surface area contributed by atoms with E-state index >= 15 is 0 Å². The second kappa shape index (κ2) is 18.3. The average Bonchev–Trinajstić information content (AvgIpc) is 4.01. The molecule has 1 spiro atoms. The zero-order chi connectivity index (χ0) is 48.3. The zero-order valence-corrected chi connectivity index (χ0v) is 39.1. The van der Waals surface area contributed by atoms with Crippen molar-refractivity contribution in [2.75, 3.05) is 26.0 Å². The minimum atomic E-state index is -1.64. The molecule has 0 radical (unpaired) electrons. The molecule has 6 aliphatic rings. The number of primary amides is 1. The van der Waals surface area contributed by atoms with Gasteiger partial charge in [0, 0.05) is 59.5 Å². The van der Waals surface area contributed by atoms with Crippen LogP contribution in [0.2, 0.25) is 0 Å². The van der Waals surface area contributed by atoms with Crippen molar-refractivity contribution in [2.45, 2.75) is 121 Å². The fraction of sp³-hybridized carbons (Fsp3) is 0.500. The number of hydrogen-bond acceptors (Lipinski definition) is 12. The van der Waals surface area contributed by atoms with Gasteiger partial charge in [-0.25, -0.2) is 14.4 Å². The molecule has 3 aliphatic heterocycles. The van der Waals surface area contributed by atoms with E-state index in [0.29, 0.717) is 57.4 Å². The Kier molecular flexibility index (Phi) is 12.2. The molecule has 360 valence electrons. The van der Waals surface area contributed by atoms with Gasteiger partial charge in [-0.3, -0.25) is 39.0 Å². The first-order chi connectivity index (χ1) is 33.2. The summed E-state index contributed by atoms with van der Waals surface area (Å²) in [6, 6.07) is 7.62. The van der Waals surface area contributed by atoms with Crippen LogP contribution in [0.15, 0.2) is 47.1 Å². The SMILES string of the molecule is CC[C@@H]1C(F)C(=O)NC1c1cnc(-c2ncc(C#CC3CCC(CN(C)C4CCC5(CC4)CC(Nc4cccc6c4C(=O)N(C4CCC(=O)NC4=O)C6=O)C5)CC3)c3cc(C(N)=O)c(OC)cc23)o1. The van der Waals surface area contributed by atoms with Crippen molar-refractivity contribution in [3.05, 3.63) is 70.7 Å². The number of nitrogens with zero attached hydrogens (tertiary/aromatic N) is 4. The van der Waals surface area contributed by atoms with Crippen LogP contribution >= 0.6 is 0 Å². The Labute approximate surface area is 399 Å². The van der Waals surface area contributed by atoms with Gasteiger partial charge in [-0.05, 0) is 120 Å². The Morgan fingerprint density at radius 3 is 2.48 bits per heavy atom. The number of methoxy groups -OCH3 is 1. The van der Waals surface area contributed by atoms with Crippen LogP contribution in [-0.2, 0) is 14.4 Å². The van der Waals surface area contributed by atoms with Gasteiger partial charge in [0.05, 0.1) is 41.6 Å². The normalized spacial score (nSPS) is 28.8. The number of piperidine rings is 1. The fourth-order valence-corrected chi connectivity index (χ4v) is 12.1. The molecule has 5 N–H and O–H groups in total. The van der Waals surface area contributed by atoms with Crippen LogP contribution < -0.4 is 26.4 Å². The molecule has 6 amide bonds. The molecule has 3 aliphatic carbocycles. The molecule has 2 aromatic carbocycles. The first-order valence-electron chi connectivity index (χ1n) is 24.3. The number of aromatic nitrogens is 2. The molecular weight excluding hydrogens is 884 g/mol. The molecule has 0 bridgehead atoms. The number of nitrogens with two attached hydrogens (primary N) is 1. The van der Waals surface area contributed by atoms with E-state index in [1.54, 1.807) is 30.5 Å². The van der Waals surface area contributed by atoms with Crippen LogP contribution in [0.4, 0.5) is 10.1 Å². The largest absolute Gasteiger partial charge is 0.496 e. The molecule has 3 saturated carbocycles. The number of nitrogens with one attached hydrogen (secondary N) is 3. The van der Waals surface area contributed by atoms with E-state index in [1.165, 1.54) is 13.3 Å². The third kappa shape index (κ3) is 8.50. The third-order valence-corrected chi connectivity index (χ3v) is 16.0. The van der Waals surface area contributed by atoms with Gasteiger partial charge in [-0.15, -0.1) is 0 Å². The number of alkyl halides is 1. The molecule has 4 atom stereocenters. The van der Waals surface area contributed by atoms with Crippen molar-refractivity contribution in [3.63, 3.8) is 0 Å². The maximum Gasteiger partial charge on any atom is 0.264 e. The Morgan fingerprint density at radius 2 is 1.77 bits per heavy atom. The lowest BCUT2D eigenvalue weighted by Gasteiger charge is -2.53. The van der Waals surface area contributed by atoms with Crippen LogP contribution in [0.1, 0.15) is 139 Å². The first kappa shape index (κ1) is 46.1. The molecule has 16 nitrogen and oxygen atoms in total. The minimum absolute atomic E-state index is 0.0798. The highest BCUT2D eigenvalue weighted by molar-refractivity contribution is 6.25. The highest BCUT2D eigenvalue weighted by atomic mass is 19.1. The summed E-state index contributed by atoms with van der Waals surface area (Å²) in [4.78, 5) is 88.7. The maximum absolute atomic E-state index is 14.6. The zero-order valence-electron chi connectivity index (χ0n) is 39.1. The molecule has 2 aromatic heterocycles. The Morgan fingerprint density at radius 1 is 1.00 bits per heavy atom. The summed E-state index contributed by atoms with van der Waals surface area (Å²) in [5, 5.41) is 9.74. The molecule has 3 unspecified atom stereocenters. The molecule has 17 heteroatoms. The monoisotopic (exact) mass is 940 g/mol. The van der Waals surface area contributed by atoms with Gasteiger partial charge in [-0.1, -0.05) is 24.8 Å². The maximum atomic E-state index is 14.6. The number of hydrogen-bond donors (Lipinski definition) is 4. The van der Waals surface area contributed by atoms with Crippen molar-refractivity contribution in [1.82, 2.24) is 30.4 Å². The highest BCUT2D eigenvalue weighted by Gasteiger charge is 2.49. The Balaban J connectivity index is 0.732. The molecule has 69 heavy (non-hydrogen) atoms. The van der Waals surface area contributed by atoms with Gasteiger partial charge in [0.2, 0.25) is 17.7 Å². The average molecular weight is 941 g/mol. The van der Waals surface area contributed by atoms with E-state index in [2.05, 4.69) is 44.7 Å². The second-order valence-corrected chi connectivity index (χ2v) is 20.1. The number of carbonyl (C=O) groups is 6. The number of halogens is 1. The topological polar surface area (TPSA) is 219 Å². The number of carbonyl (C=O) groups excluding carboxylic acids is 6. The summed E-state index contributed by atoms with van der Waals surface area (Å²) in [5.41, 5.74) is 8.47. The second-order valence-electron chi connectivity index (χ2n) is 20.1. The van der Waals surface area contributed by atoms with Crippen molar-refractivity contribution >= 4 is 51.9 Å². The summed E-state index contributed by atoms with van der Waals surface area (Å²) in [6.07, 6.45) is 12.8. The standard InChI is InChI=1S/C52H57FN8O8/c1-4-32-43(53)48(65)59-44(32)40-25-56-49(69-40)45-35-21-39(68-3)36(46(54)63)20-34(35)29(24-55-45)13-12-27-8-10-28(11-9-27)26-60(2)31-16-18-52(19-17-31)22-30(23-52)57-37-7-5-6-33-42(37)51(67)61(50(33)66)38-14-15-41(62)58-47(38)64/h5-7,20-21,24-25,27-28,30-32,38,43-44,57H,4,8-11,14-19,22-23,26H2,1-3H3,(H2,54,63)(H,59,65)(H,58,62,64)/t27?,28?,30?,31?,32-,38?,43?,44?,52?/m1/s1. The summed E-state index contributed by atoms with van der Waals surface area (Å²) in [7, 11) is 3.71. The van der Waals surface area contributed by atoms with Crippen molar-refractivity contribution in [3.8, 4) is 29.2 Å². The van der Waals surface area contributed by atoms with Gasteiger partial charge >= 0.3 is 0 Å². The van der Waals surface area contributed by atoms with Gasteiger partial charge in [0.25, 0.3) is 23.6 Å². The lowest BCUT2D eigenvalue weighted by Crippen LogP contribution is -2.54. The fourth-order valence-electron chi connectivity index (χ4n) is 12.1. The Bertz CT molecular complexity index is 2830. The van der Waals surface area contributed by atoms with Crippen LogP contribution in [0.3, 0.4) is 0 Å². The molecule has 4 aromatic rings. The summed E-state index contributed by atoms with van der Waals surface area (Å²) < 4.78 is 26.3. The van der Waals surface area contributed by atoms with Gasteiger partial charge < -0.3 is 30.4 Å². The lowest BCUT2D eigenvalue weighted by atomic mass is 9.57. The number of amides is 6. The van der Waals surface area contributed by atoms with Crippen LogP contribution in [0.5, 0.6) is 5.75 Å². The number of pyridine rings is 1. The van der Waals surface area contributed by atoms with E-state index in [4.69, 9.17) is 19.9 Å². The summed E-state index contributed by atoms with van der Waals surface area (Å²) in [6.45, 7) is 2.86. The van der Waals surface area contributed by atoms with Gasteiger partial charge in [0.15, 0.2) is 6.17 Å². The van der Waals surface area contributed by atoms with Crippen molar-refractivity contribution < 1.29 is 42.3 Å². The molecular formula is C52H57FN8O8. The molecule has 2 saturated heterocycles. The number of benzene rings is 2. The Hall–Kier alpha value is -6.67. The predicted molar refractivity (Wildman–Crippen MR) is 251 cm³/mol. The number of rotatable bonds is 11. The molecule has 10 rings (SSSR count). The highest BCUT2D eigenvalue weighted by Crippen LogP contribution is 2.53. The number of ether oxygens (including phenoxy) is 1. The summed E-state index contributed by atoms with van der Waals surface area (Å²) in [5.74, 6) is 4.51. The van der Waals surface area contributed by atoms with Gasteiger partial charge in [-0.2, -0.15) is 0 Å². The van der Waals surface area contributed by atoms with E-state index in [9.17, 15) is 33.2 Å². The number of oxazole rings is 1. The first-order valence-corrected chi connectivity index (χ1v) is 24.3. The number of fused-ring (bicyclic) bond motifs is 2. The van der Waals surface area contributed by atoms with Crippen LogP contribution in [-0.4, -0.2) is 100 Å². The lowest BCUT2D eigenvalue weighted by molar-refractivity contribution is -0.136. The summed E-state index contributed by atoms with van der Waals surface area (Å²) >= 11 is 0. The van der Waals surface area contributed by atoms with Crippen LogP contribution in [0.25, 0.3) is 22.4 Å². The van der Waals surface area contributed by atoms with E-state index in [-0.39, 0.29) is 53.0 Å². The quantitative estimate of drug-likeness (QED) is 0.0973. The molecule has 5 fully saturated rings. The van der Waals surface area contributed by atoms with Gasteiger partial charge in [0.1, 0.15) is 23.2 Å². The van der Waals surface area contributed by atoms with Crippen molar-refractivity contribution in [2.24, 2.45) is 28.9 Å². The minimum Gasteiger partial charge on any atom is -0.496 e. The third-order valence-electron chi connectivity index (χ3n) is 16.0. The van der Waals surface area contributed by atoms with Crippen LogP contribution in [0, 0.1) is 35.0 Å². The van der Waals surface area contributed by atoms with Crippen molar-refractivity contribution in [1.29, 1.82) is 0 Å². The van der Waals surface area contributed by atoms with E-state index < -0.39 is 59.6 Å². The predicted octanol–water partition coefficient (Wildman–Crippen LogP) is 6.23. The number of imide groups is 2. The number of anilines is 1. The smallest absolute Gasteiger partial charge is 0.264 e. The van der Waals surface area contributed by atoms with E-state index in [0.717, 1.165) is 75.7 Å².